The first-order valence-electron chi connectivity index (χ1n) is 16.4. The van der Waals surface area contributed by atoms with Gasteiger partial charge in [0, 0.05) is 36.6 Å². The van der Waals surface area contributed by atoms with Crippen LogP contribution in [0.4, 0.5) is 0 Å². The third kappa shape index (κ3) is 4.38. The molecule has 8 aromatic carbocycles. The Morgan fingerprint density at radius 2 is 0.854 bits per heavy atom. The number of thiophene rings is 1. The second-order valence-electron chi connectivity index (χ2n) is 12.6. The molecular weight excluding hydrogens is 599 g/mol. The van der Waals surface area contributed by atoms with E-state index in [1.54, 1.807) is 0 Å². The number of nitrogens with zero attached hydrogens (tertiary/aromatic N) is 1. The van der Waals surface area contributed by atoms with Gasteiger partial charge in [0.25, 0.3) is 0 Å². The predicted molar refractivity (Wildman–Crippen MR) is 207 cm³/mol. The van der Waals surface area contributed by atoms with Crippen LogP contribution in [0.1, 0.15) is 0 Å². The van der Waals surface area contributed by atoms with Gasteiger partial charge >= 0.3 is 0 Å². The van der Waals surface area contributed by atoms with Crippen LogP contribution in [-0.2, 0) is 0 Å². The Labute approximate surface area is 282 Å². The van der Waals surface area contributed by atoms with Crippen molar-refractivity contribution in [2.24, 2.45) is 0 Å². The van der Waals surface area contributed by atoms with E-state index in [9.17, 15) is 0 Å². The minimum absolute atomic E-state index is 1.16. The van der Waals surface area contributed by atoms with Crippen LogP contribution < -0.4 is 0 Å². The monoisotopic (exact) mass is 627 g/mol. The van der Waals surface area contributed by atoms with Crippen molar-refractivity contribution in [1.82, 2.24) is 4.57 Å². The summed E-state index contributed by atoms with van der Waals surface area (Å²) in [6.45, 7) is 0. The van der Waals surface area contributed by atoms with Gasteiger partial charge in [0.15, 0.2) is 0 Å². The molecule has 224 valence electrons. The molecule has 0 spiro atoms. The maximum absolute atomic E-state index is 2.43. The molecular formula is C46H29NS. The van der Waals surface area contributed by atoms with Gasteiger partial charge in [-0.2, -0.15) is 0 Å². The van der Waals surface area contributed by atoms with E-state index in [4.69, 9.17) is 0 Å². The summed E-state index contributed by atoms with van der Waals surface area (Å²) in [5, 5.41) is 7.79. The van der Waals surface area contributed by atoms with Crippen LogP contribution in [0.3, 0.4) is 0 Å². The number of fused-ring (bicyclic) bond motifs is 7. The molecule has 0 aliphatic rings. The van der Waals surface area contributed by atoms with Crippen LogP contribution in [0.25, 0.3) is 91.8 Å². The molecule has 10 rings (SSSR count). The van der Waals surface area contributed by atoms with Gasteiger partial charge in [-0.15, -0.1) is 11.3 Å². The number of hydrogen-bond acceptors (Lipinski definition) is 1. The molecule has 0 saturated heterocycles. The summed E-state index contributed by atoms with van der Waals surface area (Å²) in [5.41, 5.74) is 10.9. The Bertz CT molecular complexity index is 2750. The Balaban J connectivity index is 1.13. The Morgan fingerprint density at radius 3 is 1.54 bits per heavy atom. The van der Waals surface area contributed by atoms with E-state index in [1.165, 1.54) is 86.1 Å². The maximum Gasteiger partial charge on any atom is 0.0547 e. The molecule has 0 aliphatic carbocycles. The topological polar surface area (TPSA) is 4.93 Å². The zero-order chi connectivity index (χ0) is 31.6. The molecule has 0 unspecified atom stereocenters. The quantitative estimate of drug-likeness (QED) is 0.183. The van der Waals surface area contributed by atoms with Gasteiger partial charge in [-0.25, -0.2) is 0 Å². The van der Waals surface area contributed by atoms with E-state index >= 15 is 0 Å². The van der Waals surface area contributed by atoms with Gasteiger partial charge in [0.05, 0.1) is 11.0 Å². The zero-order valence-electron chi connectivity index (χ0n) is 26.1. The summed E-state index contributed by atoms with van der Waals surface area (Å²) in [4.78, 5) is 0. The van der Waals surface area contributed by atoms with Crippen LogP contribution in [0.2, 0.25) is 0 Å². The summed E-state index contributed by atoms with van der Waals surface area (Å²) >= 11 is 1.88. The molecule has 0 bridgehead atoms. The molecule has 2 heterocycles. The first-order chi connectivity index (χ1) is 23.8. The van der Waals surface area contributed by atoms with Crippen LogP contribution in [0, 0.1) is 0 Å². The summed E-state index contributed by atoms with van der Waals surface area (Å²) in [6.07, 6.45) is 0. The summed E-state index contributed by atoms with van der Waals surface area (Å²) in [5.74, 6) is 0. The smallest absolute Gasteiger partial charge is 0.0547 e. The standard InChI is InChI=1S/C46H29NS/c1-3-11-30(12-4-1)33-23-34(31-13-5-2-6-14-31)25-35(24-33)32-19-21-38(22-20-32)47-43-17-9-7-15-39(43)41-26-36-27-42-40-16-8-10-18-45(40)48-46(42)29-37(36)28-44(41)47/h1-29H. The van der Waals surface area contributed by atoms with Gasteiger partial charge in [0.2, 0.25) is 0 Å². The fourth-order valence-corrected chi connectivity index (χ4v) is 8.54. The molecule has 0 fully saturated rings. The number of benzene rings is 8. The number of hydrogen-bond donors (Lipinski definition) is 0. The van der Waals surface area contributed by atoms with Crippen molar-refractivity contribution in [2.45, 2.75) is 0 Å². The summed E-state index contributed by atoms with van der Waals surface area (Å²) in [6, 6.07) is 64.5. The average molecular weight is 628 g/mol. The van der Waals surface area contributed by atoms with E-state index in [1.807, 2.05) is 11.3 Å². The van der Waals surface area contributed by atoms with Crippen LogP contribution in [0.15, 0.2) is 176 Å². The van der Waals surface area contributed by atoms with Crippen LogP contribution in [-0.4, -0.2) is 4.57 Å². The third-order valence-corrected chi connectivity index (χ3v) is 10.9. The molecule has 1 nitrogen and oxygen atoms in total. The molecule has 10 aromatic rings. The maximum atomic E-state index is 2.43. The number of rotatable bonds is 4. The molecule has 0 aliphatic heterocycles. The molecule has 0 amide bonds. The van der Waals surface area contributed by atoms with Gasteiger partial charge < -0.3 is 4.57 Å². The van der Waals surface area contributed by atoms with Crippen molar-refractivity contribution >= 4 is 64.1 Å². The molecule has 0 atom stereocenters. The first-order valence-corrected chi connectivity index (χ1v) is 17.2. The van der Waals surface area contributed by atoms with Gasteiger partial charge in [-0.3, -0.25) is 0 Å². The fraction of sp³-hybridized carbons (Fsp3) is 0. The Hall–Kier alpha value is -5.96. The van der Waals surface area contributed by atoms with Crippen molar-refractivity contribution < 1.29 is 0 Å². The van der Waals surface area contributed by atoms with Crippen molar-refractivity contribution in [1.29, 1.82) is 0 Å². The molecule has 2 heteroatoms. The van der Waals surface area contributed by atoms with E-state index in [2.05, 4.69) is 180 Å². The highest BCUT2D eigenvalue weighted by molar-refractivity contribution is 7.25. The lowest BCUT2D eigenvalue weighted by atomic mass is 9.93. The molecule has 48 heavy (non-hydrogen) atoms. The van der Waals surface area contributed by atoms with E-state index in [0.29, 0.717) is 0 Å². The number of aromatic nitrogens is 1. The average Bonchev–Trinajstić information content (AvgIpc) is 3.68. The molecule has 0 radical (unpaired) electrons. The lowest BCUT2D eigenvalue weighted by Gasteiger charge is -2.13. The minimum atomic E-state index is 1.16. The lowest BCUT2D eigenvalue weighted by Crippen LogP contribution is -1.94. The second-order valence-corrected chi connectivity index (χ2v) is 13.7. The van der Waals surface area contributed by atoms with Crippen molar-refractivity contribution in [3.63, 3.8) is 0 Å². The highest BCUT2D eigenvalue weighted by atomic mass is 32.1. The largest absolute Gasteiger partial charge is 0.309 e. The summed E-state index contributed by atoms with van der Waals surface area (Å²) < 4.78 is 5.11. The Kier molecular flexibility index (Phi) is 6.12. The zero-order valence-corrected chi connectivity index (χ0v) is 26.9. The Morgan fingerprint density at radius 1 is 0.312 bits per heavy atom. The van der Waals surface area contributed by atoms with Crippen LogP contribution >= 0.6 is 11.3 Å². The van der Waals surface area contributed by atoms with Crippen molar-refractivity contribution in [3.8, 4) is 39.1 Å². The van der Waals surface area contributed by atoms with Gasteiger partial charge in [-0.1, -0.05) is 109 Å². The third-order valence-electron chi connectivity index (χ3n) is 9.73. The van der Waals surface area contributed by atoms with Crippen molar-refractivity contribution in [2.75, 3.05) is 0 Å². The highest BCUT2D eigenvalue weighted by Crippen LogP contribution is 2.40. The molecule has 0 saturated carbocycles. The van der Waals surface area contributed by atoms with Crippen LogP contribution in [0.5, 0.6) is 0 Å². The highest BCUT2D eigenvalue weighted by Gasteiger charge is 2.15. The van der Waals surface area contributed by atoms with E-state index < -0.39 is 0 Å². The van der Waals surface area contributed by atoms with E-state index in [-0.39, 0.29) is 0 Å². The minimum Gasteiger partial charge on any atom is -0.309 e. The predicted octanol–water partition coefficient (Wildman–Crippen LogP) is 13.3. The SMILES string of the molecule is c1ccc(-c2cc(-c3ccccc3)cc(-c3ccc(-n4c5ccccc5c5cc6cc7c(cc6cc54)sc4ccccc47)cc3)c2)cc1. The van der Waals surface area contributed by atoms with E-state index in [0.717, 1.165) is 5.69 Å². The van der Waals surface area contributed by atoms with Gasteiger partial charge in [-0.05, 0) is 111 Å². The molecule has 0 N–H and O–H groups in total. The summed E-state index contributed by atoms with van der Waals surface area (Å²) in [7, 11) is 0. The fourth-order valence-electron chi connectivity index (χ4n) is 7.41. The normalized spacial score (nSPS) is 11.8. The number of para-hydroxylation sites is 1. The van der Waals surface area contributed by atoms with Crippen molar-refractivity contribution in [3.05, 3.63) is 176 Å². The lowest BCUT2D eigenvalue weighted by molar-refractivity contribution is 1.18. The first kappa shape index (κ1) is 27.2. The second kappa shape index (κ2) is 10.8. The van der Waals surface area contributed by atoms with Gasteiger partial charge in [0.1, 0.15) is 0 Å². The molecule has 2 aromatic heterocycles.